The summed E-state index contributed by atoms with van der Waals surface area (Å²) in [4.78, 5) is 0. The molecule has 11 heavy (non-hydrogen) atoms. The average Bonchev–Trinajstić information content (AvgIpc) is 2.00. The van der Waals surface area contributed by atoms with E-state index in [0.29, 0.717) is 12.1 Å². The van der Waals surface area contributed by atoms with Gasteiger partial charge in [0.1, 0.15) is 0 Å². The van der Waals surface area contributed by atoms with Crippen LogP contribution in [0.25, 0.3) is 0 Å². The van der Waals surface area contributed by atoms with E-state index in [4.69, 9.17) is 4.74 Å². The van der Waals surface area contributed by atoms with Gasteiger partial charge in [-0.3, -0.25) is 0 Å². The molecule has 2 nitrogen and oxygen atoms in total. The van der Waals surface area contributed by atoms with Crippen LogP contribution in [-0.2, 0) is 4.74 Å². The molecule has 68 valence electrons. The summed E-state index contributed by atoms with van der Waals surface area (Å²) in [6.07, 6.45) is 1.46. The summed E-state index contributed by atoms with van der Waals surface area (Å²) >= 11 is 0. The van der Waals surface area contributed by atoms with Gasteiger partial charge in [-0.15, -0.1) is 0 Å². The summed E-state index contributed by atoms with van der Waals surface area (Å²) in [5, 5.41) is 3.36. The second-order valence-corrected chi connectivity index (χ2v) is 2.75. The normalized spacial score (nSPS) is 16.4. The highest BCUT2D eigenvalue weighted by Crippen LogP contribution is 2.03. The molecule has 0 radical (unpaired) electrons. The number of likely N-dealkylation sites (N-methyl/N-ethyl adjacent to an activating group) is 1. The van der Waals surface area contributed by atoms with Crippen molar-refractivity contribution in [1.82, 2.24) is 5.32 Å². The van der Waals surface area contributed by atoms with Crippen LogP contribution in [0.4, 0.5) is 0 Å². The first-order chi connectivity index (χ1) is 5.26. The van der Waals surface area contributed by atoms with Gasteiger partial charge in [0, 0.05) is 12.6 Å². The molecule has 0 amide bonds. The lowest BCUT2D eigenvalue weighted by Gasteiger charge is -2.22. The van der Waals surface area contributed by atoms with Crippen LogP contribution in [0.15, 0.2) is 0 Å². The third-order valence-corrected chi connectivity index (χ3v) is 1.87. The van der Waals surface area contributed by atoms with Crippen LogP contribution in [0.5, 0.6) is 0 Å². The van der Waals surface area contributed by atoms with Gasteiger partial charge in [0.2, 0.25) is 0 Å². The van der Waals surface area contributed by atoms with Gasteiger partial charge in [0.05, 0.1) is 6.10 Å². The van der Waals surface area contributed by atoms with Crippen LogP contribution in [0, 0.1) is 0 Å². The first-order valence-electron chi connectivity index (χ1n) is 4.61. The van der Waals surface area contributed by atoms with E-state index in [2.05, 4.69) is 26.1 Å². The van der Waals surface area contributed by atoms with Crippen LogP contribution in [0.3, 0.4) is 0 Å². The van der Waals surface area contributed by atoms with Gasteiger partial charge in [-0.25, -0.2) is 0 Å². The molecular weight excluding hydrogens is 138 g/mol. The highest BCUT2D eigenvalue weighted by Gasteiger charge is 2.13. The quantitative estimate of drug-likeness (QED) is 0.638. The summed E-state index contributed by atoms with van der Waals surface area (Å²) in [7, 11) is 0. The minimum absolute atomic E-state index is 0.375. The molecule has 0 aliphatic carbocycles. The molecule has 0 aromatic carbocycles. The zero-order valence-electron chi connectivity index (χ0n) is 8.18. The van der Waals surface area contributed by atoms with Gasteiger partial charge in [-0.2, -0.15) is 0 Å². The Balaban J connectivity index is 3.61. The molecule has 0 aliphatic rings. The van der Waals surface area contributed by atoms with Gasteiger partial charge in [0.25, 0.3) is 0 Å². The topological polar surface area (TPSA) is 21.3 Å². The van der Waals surface area contributed by atoms with Gasteiger partial charge in [-0.05, 0) is 26.8 Å². The standard InChI is InChI=1S/C9H21NO/c1-5-9(11-7-3)8(4)10-6-2/h8-10H,5-7H2,1-4H3. The Morgan fingerprint density at radius 3 is 2.27 bits per heavy atom. The monoisotopic (exact) mass is 159 g/mol. The number of nitrogens with one attached hydrogen (secondary N) is 1. The minimum atomic E-state index is 0.375. The molecule has 0 spiro atoms. The Bertz CT molecular complexity index is 85.6. The van der Waals surface area contributed by atoms with Crippen molar-refractivity contribution in [2.75, 3.05) is 13.2 Å². The minimum Gasteiger partial charge on any atom is -0.377 e. The molecule has 0 bridgehead atoms. The van der Waals surface area contributed by atoms with Crippen LogP contribution >= 0.6 is 0 Å². The average molecular weight is 159 g/mol. The van der Waals surface area contributed by atoms with E-state index in [0.717, 1.165) is 19.6 Å². The fraction of sp³-hybridized carbons (Fsp3) is 1.00. The lowest BCUT2D eigenvalue weighted by Crippen LogP contribution is -2.38. The number of ether oxygens (including phenoxy) is 1. The zero-order chi connectivity index (χ0) is 8.69. The highest BCUT2D eigenvalue weighted by atomic mass is 16.5. The van der Waals surface area contributed by atoms with Crippen LogP contribution < -0.4 is 5.32 Å². The summed E-state index contributed by atoms with van der Waals surface area (Å²) in [6, 6.07) is 0.477. The Hall–Kier alpha value is -0.0800. The number of rotatable bonds is 6. The van der Waals surface area contributed by atoms with Gasteiger partial charge in [0.15, 0.2) is 0 Å². The second kappa shape index (κ2) is 6.62. The van der Waals surface area contributed by atoms with Crippen molar-refractivity contribution in [2.24, 2.45) is 0 Å². The van der Waals surface area contributed by atoms with Crippen molar-refractivity contribution in [1.29, 1.82) is 0 Å². The highest BCUT2D eigenvalue weighted by molar-refractivity contribution is 4.70. The molecule has 0 rings (SSSR count). The maximum absolute atomic E-state index is 5.54. The van der Waals surface area contributed by atoms with Crippen LogP contribution in [0.2, 0.25) is 0 Å². The van der Waals surface area contributed by atoms with Crippen molar-refractivity contribution in [3.8, 4) is 0 Å². The fourth-order valence-corrected chi connectivity index (χ4v) is 1.28. The Morgan fingerprint density at radius 2 is 1.91 bits per heavy atom. The number of hydrogen-bond donors (Lipinski definition) is 1. The first kappa shape index (κ1) is 10.9. The molecule has 2 atom stereocenters. The van der Waals surface area contributed by atoms with E-state index in [9.17, 15) is 0 Å². The van der Waals surface area contributed by atoms with Crippen LogP contribution in [-0.4, -0.2) is 25.3 Å². The third-order valence-electron chi connectivity index (χ3n) is 1.87. The van der Waals surface area contributed by atoms with E-state index < -0.39 is 0 Å². The summed E-state index contributed by atoms with van der Waals surface area (Å²) in [5.41, 5.74) is 0. The second-order valence-electron chi connectivity index (χ2n) is 2.75. The van der Waals surface area contributed by atoms with Crippen molar-refractivity contribution in [2.45, 2.75) is 46.3 Å². The van der Waals surface area contributed by atoms with Crippen molar-refractivity contribution < 1.29 is 4.74 Å². The molecule has 0 saturated carbocycles. The molecule has 0 heterocycles. The largest absolute Gasteiger partial charge is 0.377 e. The van der Waals surface area contributed by atoms with E-state index in [-0.39, 0.29) is 0 Å². The maximum atomic E-state index is 5.54. The summed E-state index contributed by atoms with van der Waals surface area (Å²) in [5.74, 6) is 0. The first-order valence-corrected chi connectivity index (χ1v) is 4.61. The molecule has 1 N–H and O–H groups in total. The number of hydrogen-bond acceptors (Lipinski definition) is 2. The van der Waals surface area contributed by atoms with Crippen LogP contribution in [0.1, 0.15) is 34.1 Å². The Labute approximate surface area is 70.3 Å². The molecule has 0 aromatic heterocycles. The van der Waals surface area contributed by atoms with Gasteiger partial charge >= 0.3 is 0 Å². The third kappa shape index (κ3) is 4.38. The Kier molecular flexibility index (Phi) is 6.57. The Morgan fingerprint density at radius 1 is 1.27 bits per heavy atom. The summed E-state index contributed by atoms with van der Waals surface area (Å²) < 4.78 is 5.54. The van der Waals surface area contributed by atoms with Gasteiger partial charge in [-0.1, -0.05) is 13.8 Å². The van der Waals surface area contributed by atoms with E-state index in [1.165, 1.54) is 0 Å². The molecule has 0 saturated heterocycles. The smallest absolute Gasteiger partial charge is 0.0722 e. The predicted molar refractivity (Wildman–Crippen MR) is 48.8 cm³/mol. The van der Waals surface area contributed by atoms with E-state index >= 15 is 0 Å². The summed E-state index contributed by atoms with van der Waals surface area (Å²) in [6.45, 7) is 10.3. The maximum Gasteiger partial charge on any atom is 0.0722 e. The molecule has 0 fully saturated rings. The SMILES string of the molecule is CCNC(C)C(CC)OCC. The molecule has 0 aromatic rings. The van der Waals surface area contributed by atoms with Gasteiger partial charge < -0.3 is 10.1 Å². The van der Waals surface area contributed by atoms with Crippen molar-refractivity contribution in [3.63, 3.8) is 0 Å². The van der Waals surface area contributed by atoms with Crippen molar-refractivity contribution in [3.05, 3.63) is 0 Å². The lowest BCUT2D eigenvalue weighted by atomic mass is 10.1. The van der Waals surface area contributed by atoms with Crippen molar-refractivity contribution >= 4 is 0 Å². The molecule has 0 aliphatic heterocycles. The van der Waals surface area contributed by atoms with E-state index in [1.54, 1.807) is 0 Å². The lowest BCUT2D eigenvalue weighted by molar-refractivity contribution is 0.0370. The van der Waals surface area contributed by atoms with E-state index in [1.807, 2.05) is 6.92 Å². The molecule has 2 unspecified atom stereocenters. The predicted octanol–water partition coefficient (Wildman–Crippen LogP) is 1.80. The molecular formula is C9H21NO. The fourth-order valence-electron chi connectivity index (χ4n) is 1.28. The zero-order valence-corrected chi connectivity index (χ0v) is 8.18. The molecule has 2 heteroatoms.